The molecule has 0 aliphatic carbocycles. The summed E-state index contributed by atoms with van der Waals surface area (Å²) < 4.78 is 0. The Hall–Kier alpha value is -4.16. The summed E-state index contributed by atoms with van der Waals surface area (Å²) in [6.45, 7) is 4.02. The second-order valence-corrected chi connectivity index (χ2v) is 10.5. The molecular formula is C30H43N5O7. The van der Waals surface area contributed by atoms with Crippen molar-refractivity contribution in [2.75, 3.05) is 6.54 Å². The molecule has 0 bridgehead atoms. The number of nitrogens with one attached hydrogen (secondary N) is 3. The number of amides is 3. The van der Waals surface area contributed by atoms with Crippen LogP contribution in [-0.4, -0.2) is 69.7 Å². The number of nitrogens with two attached hydrogens (primary N) is 2. The molecule has 5 atom stereocenters. The highest BCUT2D eigenvalue weighted by atomic mass is 16.4. The highest BCUT2D eigenvalue weighted by Crippen LogP contribution is 2.15. The lowest BCUT2D eigenvalue weighted by atomic mass is 9.96. The molecule has 12 heteroatoms. The molecule has 0 aromatic heterocycles. The molecule has 0 aliphatic rings. The van der Waals surface area contributed by atoms with Crippen LogP contribution in [0.25, 0.3) is 0 Å². The number of carbonyl (C=O) groups excluding carboxylic acids is 3. The molecule has 12 nitrogen and oxygen atoms in total. The van der Waals surface area contributed by atoms with E-state index in [0.717, 1.165) is 5.56 Å². The number of aromatic hydroxyl groups is 2. The molecule has 2 rings (SSSR count). The van der Waals surface area contributed by atoms with E-state index in [1.54, 1.807) is 31.2 Å². The van der Waals surface area contributed by atoms with Gasteiger partial charge in [-0.05, 0) is 73.5 Å². The van der Waals surface area contributed by atoms with E-state index in [1.165, 1.54) is 24.3 Å². The molecule has 0 spiro atoms. The van der Waals surface area contributed by atoms with Gasteiger partial charge in [0, 0.05) is 6.42 Å². The Morgan fingerprint density at radius 1 is 0.762 bits per heavy atom. The fourth-order valence-corrected chi connectivity index (χ4v) is 4.30. The SMILES string of the molecule is CCC(C)C(NC(=O)C(N)Cc1ccc(O)cc1)C(=O)NC(Cc1ccc(O)cc1)C(=O)NC(CCCCN)C(=O)O. The lowest BCUT2D eigenvalue weighted by Gasteiger charge is -2.28. The molecule has 2 aromatic carbocycles. The van der Waals surface area contributed by atoms with Crippen molar-refractivity contribution in [1.82, 2.24) is 16.0 Å². The maximum Gasteiger partial charge on any atom is 0.326 e. The van der Waals surface area contributed by atoms with Crippen molar-refractivity contribution in [2.45, 2.75) is 76.5 Å². The Morgan fingerprint density at radius 3 is 1.79 bits per heavy atom. The van der Waals surface area contributed by atoms with Crippen LogP contribution >= 0.6 is 0 Å². The van der Waals surface area contributed by atoms with Crippen LogP contribution < -0.4 is 27.4 Å². The number of aliphatic carboxylic acids is 1. The van der Waals surface area contributed by atoms with Gasteiger partial charge in [0.15, 0.2) is 0 Å². The van der Waals surface area contributed by atoms with Crippen molar-refractivity contribution in [3.05, 3.63) is 59.7 Å². The van der Waals surface area contributed by atoms with Crippen LogP contribution in [0.2, 0.25) is 0 Å². The third-order valence-corrected chi connectivity index (χ3v) is 7.09. The van der Waals surface area contributed by atoms with Gasteiger partial charge in [-0.3, -0.25) is 14.4 Å². The Labute approximate surface area is 245 Å². The van der Waals surface area contributed by atoms with Gasteiger partial charge >= 0.3 is 5.97 Å². The van der Waals surface area contributed by atoms with E-state index in [4.69, 9.17) is 11.5 Å². The fourth-order valence-electron chi connectivity index (χ4n) is 4.30. The van der Waals surface area contributed by atoms with Crippen molar-refractivity contribution < 1.29 is 34.5 Å². The monoisotopic (exact) mass is 585 g/mol. The summed E-state index contributed by atoms with van der Waals surface area (Å²) in [6, 6.07) is 7.98. The van der Waals surface area contributed by atoms with Crippen LogP contribution in [0.5, 0.6) is 11.5 Å². The summed E-state index contributed by atoms with van der Waals surface area (Å²) in [5.41, 5.74) is 13.0. The number of rotatable bonds is 17. The zero-order chi connectivity index (χ0) is 31.2. The summed E-state index contributed by atoms with van der Waals surface area (Å²) in [6.07, 6.45) is 1.97. The lowest BCUT2D eigenvalue weighted by Crippen LogP contribution is -2.59. The first-order valence-corrected chi connectivity index (χ1v) is 14.1. The highest BCUT2D eigenvalue weighted by Gasteiger charge is 2.32. The number of carboxylic acid groups (broad SMARTS) is 1. The average Bonchev–Trinajstić information content (AvgIpc) is 2.96. The molecule has 42 heavy (non-hydrogen) atoms. The normalized spacial score (nSPS) is 14.6. The van der Waals surface area contributed by atoms with Crippen molar-refractivity contribution >= 4 is 23.7 Å². The van der Waals surface area contributed by atoms with Gasteiger partial charge in [-0.15, -0.1) is 0 Å². The number of hydrogen-bond acceptors (Lipinski definition) is 8. The minimum atomic E-state index is -1.21. The number of benzene rings is 2. The molecule has 0 radical (unpaired) electrons. The number of hydrogen-bond donors (Lipinski definition) is 8. The third-order valence-electron chi connectivity index (χ3n) is 7.09. The van der Waals surface area contributed by atoms with Gasteiger partial charge in [0.1, 0.15) is 29.6 Å². The highest BCUT2D eigenvalue weighted by molar-refractivity contribution is 5.94. The van der Waals surface area contributed by atoms with Crippen LogP contribution in [0.15, 0.2) is 48.5 Å². The maximum absolute atomic E-state index is 13.5. The maximum atomic E-state index is 13.5. The van der Waals surface area contributed by atoms with Gasteiger partial charge < -0.3 is 42.7 Å². The van der Waals surface area contributed by atoms with Gasteiger partial charge in [-0.25, -0.2) is 4.79 Å². The van der Waals surface area contributed by atoms with E-state index >= 15 is 0 Å². The molecule has 5 unspecified atom stereocenters. The van der Waals surface area contributed by atoms with Crippen LogP contribution in [0.1, 0.15) is 50.7 Å². The van der Waals surface area contributed by atoms with Gasteiger partial charge in [0.25, 0.3) is 0 Å². The summed E-state index contributed by atoms with van der Waals surface area (Å²) in [5.74, 6) is -3.30. The molecule has 0 saturated heterocycles. The van der Waals surface area contributed by atoms with Crippen LogP contribution in [0.4, 0.5) is 0 Å². The first-order chi connectivity index (χ1) is 19.9. The van der Waals surface area contributed by atoms with E-state index in [1.807, 2.05) is 6.92 Å². The van der Waals surface area contributed by atoms with Crippen molar-refractivity contribution in [1.29, 1.82) is 0 Å². The van der Waals surface area contributed by atoms with Crippen molar-refractivity contribution in [3.8, 4) is 11.5 Å². The smallest absolute Gasteiger partial charge is 0.326 e. The number of phenolic OH excluding ortho intramolecular Hbond substituents is 2. The molecule has 0 heterocycles. The number of phenols is 2. The summed E-state index contributed by atoms with van der Waals surface area (Å²) >= 11 is 0. The standard InChI is InChI=1S/C30H43N5O7/c1-3-18(2)26(35-27(38)23(32)16-19-7-11-21(36)12-8-19)29(40)34-25(17-20-9-13-22(37)14-10-20)28(39)33-24(30(41)42)6-4-5-15-31/h7-14,18,23-26,36-37H,3-6,15-17,31-32H2,1-2H3,(H,33,39)(H,34,40)(H,35,38)(H,41,42). The van der Waals surface area contributed by atoms with Crippen LogP contribution in [-0.2, 0) is 32.0 Å². The molecule has 0 fully saturated rings. The Balaban J connectivity index is 2.22. The fraction of sp³-hybridized carbons (Fsp3) is 0.467. The Morgan fingerprint density at radius 2 is 1.29 bits per heavy atom. The largest absolute Gasteiger partial charge is 0.508 e. The molecule has 10 N–H and O–H groups in total. The quantitative estimate of drug-likeness (QED) is 0.124. The van der Waals surface area contributed by atoms with Gasteiger partial charge in [-0.1, -0.05) is 44.5 Å². The van der Waals surface area contributed by atoms with Crippen molar-refractivity contribution in [2.24, 2.45) is 17.4 Å². The molecule has 230 valence electrons. The van der Waals surface area contributed by atoms with Crippen LogP contribution in [0.3, 0.4) is 0 Å². The van der Waals surface area contributed by atoms with E-state index in [9.17, 15) is 34.5 Å². The summed E-state index contributed by atoms with van der Waals surface area (Å²) in [7, 11) is 0. The van der Waals surface area contributed by atoms with Crippen LogP contribution in [0, 0.1) is 5.92 Å². The van der Waals surface area contributed by atoms with Gasteiger partial charge in [0.05, 0.1) is 6.04 Å². The molecule has 0 saturated carbocycles. The number of carbonyl (C=O) groups is 4. The molecule has 2 aromatic rings. The summed E-state index contributed by atoms with van der Waals surface area (Å²) in [4.78, 5) is 51.7. The molecule has 0 aliphatic heterocycles. The van der Waals surface area contributed by atoms with Gasteiger partial charge in [0.2, 0.25) is 17.7 Å². The van der Waals surface area contributed by atoms with E-state index in [0.29, 0.717) is 31.4 Å². The Bertz CT molecular complexity index is 1170. The summed E-state index contributed by atoms with van der Waals surface area (Å²) in [5, 5.41) is 36.7. The zero-order valence-electron chi connectivity index (χ0n) is 24.1. The first-order valence-electron chi connectivity index (χ1n) is 14.1. The number of unbranched alkanes of at least 4 members (excludes halogenated alkanes) is 1. The first kappa shape index (κ1) is 34.0. The van der Waals surface area contributed by atoms with E-state index < -0.39 is 47.9 Å². The number of carboxylic acids is 1. The van der Waals surface area contributed by atoms with E-state index in [2.05, 4.69) is 16.0 Å². The third kappa shape index (κ3) is 11.0. The minimum Gasteiger partial charge on any atom is -0.508 e. The minimum absolute atomic E-state index is 0.00846. The molecule has 3 amide bonds. The second-order valence-electron chi connectivity index (χ2n) is 10.5. The second kappa shape index (κ2) is 16.9. The Kier molecular flexibility index (Phi) is 13.7. The zero-order valence-corrected chi connectivity index (χ0v) is 24.1. The molecular weight excluding hydrogens is 542 g/mol. The topological polar surface area (TPSA) is 217 Å². The van der Waals surface area contributed by atoms with Gasteiger partial charge in [-0.2, -0.15) is 0 Å². The predicted molar refractivity (Wildman–Crippen MR) is 157 cm³/mol. The predicted octanol–water partition coefficient (Wildman–Crippen LogP) is 0.924. The van der Waals surface area contributed by atoms with E-state index in [-0.39, 0.29) is 36.7 Å². The lowest BCUT2D eigenvalue weighted by molar-refractivity contribution is -0.142. The van der Waals surface area contributed by atoms with Crippen molar-refractivity contribution in [3.63, 3.8) is 0 Å². The average molecular weight is 586 g/mol.